The zero-order chi connectivity index (χ0) is 17.6. The molecule has 4 heteroatoms. The Morgan fingerprint density at radius 3 is 2.20 bits per heavy atom. The Balaban J connectivity index is 1.77. The molecule has 1 aromatic heterocycles. The molecule has 0 fully saturated rings. The summed E-state index contributed by atoms with van der Waals surface area (Å²) in [5.41, 5.74) is 3.53. The van der Waals surface area contributed by atoms with Gasteiger partial charge in [0.15, 0.2) is 0 Å². The number of carbonyl (C=O) groups is 1. The highest BCUT2D eigenvalue weighted by atomic mass is 16.2. The number of para-hydroxylation sites is 1. The maximum absolute atomic E-state index is 12.7. The highest BCUT2D eigenvalue weighted by Gasteiger charge is 2.15. The molecule has 0 aliphatic rings. The number of benzene rings is 2. The van der Waals surface area contributed by atoms with Gasteiger partial charge >= 0.3 is 0 Å². The highest BCUT2D eigenvalue weighted by Crippen LogP contribution is 2.23. The van der Waals surface area contributed by atoms with E-state index in [2.05, 4.69) is 4.98 Å². The molecule has 0 spiro atoms. The zero-order valence-corrected chi connectivity index (χ0v) is 14.5. The number of pyridine rings is 1. The molecular formula is C21H21N3O. The van der Waals surface area contributed by atoms with Gasteiger partial charge in [-0.3, -0.25) is 9.78 Å². The van der Waals surface area contributed by atoms with E-state index in [0.717, 1.165) is 16.9 Å². The van der Waals surface area contributed by atoms with E-state index < -0.39 is 0 Å². The Labute approximate surface area is 148 Å². The predicted molar refractivity (Wildman–Crippen MR) is 101 cm³/mol. The second-order valence-electron chi connectivity index (χ2n) is 5.94. The van der Waals surface area contributed by atoms with Crippen LogP contribution in [0.2, 0.25) is 0 Å². The molecule has 1 heterocycles. The normalized spacial score (nSPS) is 10.3. The summed E-state index contributed by atoms with van der Waals surface area (Å²) in [5.74, 6) is -0.0906. The van der Waals surface area contributed by atoms with Crippen LogP contribution in [0, 0.1) is 0 Å². The van der Waals surface area contributed by atoms with E-state index in [1.54, 1.807) is 18.1 Å². The summed E-state index contributed by atoms with van der Waals surface area (Å²) in [7, 11) is 3.78. The van der Waals surface area contributed by atoms with Crippen molar-refractivity contribution >= 4 is 17.3 Å². The molecule has 0 saturated heterocycles. The molecule has 0 aliphatic carbocycles. The van der Waals surface area contributed by atoms with E-state index >= 15 is 0 Å². The molecule has 0 atom stereocenters. The summed E-state index contributed by atoms with van der Waals surface area (Å²) in [6.07, 6.45) is 1.68. The first-order chi connectivity index (χ1) is 12.1. The van der Waals surface area contributed by atoms with Crippen LogP contribution < -0.4 is 4.90 Å². The van der Waals surface area contributed by atoms with Crippen LogP contribution in [-0.4, -0.2) is 29.9 Å². The van der Waals surface area contributed by atoms with Crippen LogP contribution in [0.4, 0.5) is 11.4 Å². The summed E-state index contributed by atoms with van der Waals surface area (Å²) in [6.45, 7) is 0.556. The van der Waals surface area contributed by atoms with Gasteiger partial charge in [0.2, 0.25) is 0 Å². The monoisotopic (exact) mass is 331 g/mol. The fourth-order valence-corrected chi connectivity index (χ4v) is 2.67. The second-order valence-corrected chi connectivity index (χ2v) is 5.94. The third kappa shape index (κ3) is 4.04. The Bertz CT molecular complexity index is 834. The van der Waals surface area contributed by atoms with Gasteiger partial charge in [0.05, 0.1) is 0 Å². The number of carbonyl (C=O) groups excluding carboxylic acids is 1. The van der Waals surface area contributed by atoms with Crippen molar-refractivity contribution in [3.8, 4) is 0 Å². The number of anilines is 2. The van der Waals surface area contributed by atoms with Gasteiger partial charge in [-0.05, 0) is 29.8 Å². The zero-order valence-electron chi connectivity index (χ0n) is 14.5. The minimum Gasteiger partial charge on any atom is -0.345 e. The minimum absolute atomic E-state index is 0.0906. The Morgan fingerprint density at radius 2 is 1.52 bits per heavy atom. The summed E-state index contributed by atoms with van der Waals surface area (Å²) < 4.78 is 0. The number of rotatable bonds is 5. The van der Waals surface area contributed by atoms with Crippen molar-refractivity contribution in [2.75, 3.05) is 19.0 Å². The second kappa shape index (κ2) is 7.62. The fraction of sp³-hybridized carbons (Fsp3) is 0.143. The number of aromatic nitrogens is 1. The first kappa shape index (κ1) is 16.7. The molecule has 3 aromatic rings. The maximum Gasteiger partial charge on any atom is 0.272 e. The molecule has 3 rings (SSSR count). The van der Waals surface area contributed by atoms with Crippen LogP contribution in [0.15, 0.2) is 79.0 Å². The average Bonchev–Trinajstić information content (AvgIpc) is 2.68. The lowest BCUT2D eigenvalue weighted by atomic mass is 10.2. The van der Waals surface area contributed by atoms with E-state index in [1.165, 1.54) is 0 Å². The van der Waals surface area contributed by atoms with Crippen molar-refractivity contribution in [1.82, 2.24) is 9.88 Å². The van der Waals surface area contributed by atoms with Crippen molar-refractivity contribution in [2.24, 2.45) is 0 Å². The molecule has 0 radical (unpaired) electrons. The Hall–Kier alpha value is -3.14. The van der Waals surface area contributed by atoms with Gasteiger partial charge in [-0.15, -0.1) is 0 Å². The summed E-state index contributed by atoms with van der Waals surface area (Å²) >= 11 is 0. The summed E-state index contributed by atoms with van der Waals surface area (Å²) in [6, 6.07) is 23.7. The number of nitrogens with zero attached hydrogens (tertiary/aromatic N) is 3. The molecule has 0 unspecified atom stereocenters. The van der Waals surface area contributed by atoms with Gasteiger partial charge in [-0.1, -0.05) is 48.5 Å². The molecule has 0 saturated carbocycles. The molecule has 1 amide bonds. The average molecular weight is 331 g/mol. The fourth-order valence-electron chi connectivity index (χ4n) is 2.67. The van der Waals surface area contributed by atoms with Gasteiger partial charge in [0.1, 0.15) is 5.69 Å². The molecule has 25 heavy (non-hydrogen) atoms. The van der Waals surface area contributed by atoms with Crippen molar-refractivity contribution in [3.05, 3.63) is 90.3 Å². The first-order valence-electron chi connectivity index (χ1n) is 8.19. The van der Waals surface area contributed by atoms with E-state index in [-0.39, 0.29) is 5.91 Å². The van der Waals surface area contributed by atoms with Crippen molar-refractivity contribution in [3.63, 3.8) is 0 Å². The van der Waals surface area contributed by atoms with Crippen LogP contribution in [0.1, 0.15) is 16.1 Å². The molecule has 0 bridgehead atoms. The predicted octanol–water partition coefficient (Wildman–Crippen LogP) is 4.12. The third-order valence-corrected chi connectivity index (χ3v) is 4.10. The van der Waals surface area contributed by atoms with Gasteiger partial charge in [0, 0.05) is 38.2 Å². The third-order valence-electron chi connectivity index (χ3n) is 4.10. The lowest BCUT2D eigenvalue weighted by Gasteiger charge is -2.21. The number of hydrogen-bond donors (Lipinski definition) is 0. The highest BCUT2D eigenvalue weighted by molar-refractivity contribution is 5.93. The quantitative estimate of drug-likeness (QED) is 0.705. The lowest BCUT2D eigenvalue weighted by molar-refractivity contribution is 0.0779. The van der Waals surface area contributed by atoms with Crippen LogP contribution in [0.5, 0.6) is 0 Å². The van der Waals surface area contributed by atoms with Crippen molar-refractivity contribution < 1.29 is 4.79 Å². The lowest BCUT2D eigenvalue weighted by Crippen LogP contribution is -2.27. The van der Waals surface area contributed by atoms with Crippen molar-refractivity contribution in [1.29, 1.82) is 0 Å². The van der Waals surface area contributed by atoms with Gasteiger partial charge in [-0.2, -0.15) is 0 Å². The largest absolute Gasteiger partial charge is 0.345 e. The van der Waals surface area contributed by atoms with Crippen LogP contribution in [0.25, 0.3) is 0 Å². The number of amides is 1. The topological polar surface area (TPSA) is 36.4 Å². The minimum atomic E-state index is -0.0906. The summed E-state index contributed by atoms with van der Waals surface area (Å²) in [5, 5.41) is 0. The first-order valence-corrected chi connectivity index (χ1v) is 8.19. The summed E-state index contributed by atoms with van der Waals surface area (Å²) in [4.78, 5) is 20.7. The van der Waals surface area contributed by atoms with E-state index in [4.69, 9.17) is 0 Å². The molecule has 0 aliphatic heterocycles. The standard InChI is InChI=1S/C21H21N3O/c1-23(16-17-9-5-3-6-10-17)21(25)20-15-19(13-14-22-20)24(2)18-11-7-4-8-12-18/h3-15H,16H2,1-2H3. The SMILES string of the molecule is CN(Cc1ccccc1)C(=O)c1cc(N(C)c2ccccc2)ccn1. The molecule has 4 nitrogen and oxygen atoms in total. The van der Waals surface area contributed by atoms with Crippen LogP contribution >= 0.6 is 0 Å². The number of hydrogen-bond acceptors (Lipinski definition) is 3. The van der Waals surface area contributed by atoms with Gasteiger partial charge < -0.3 is 9.80 Å². The van der Waals surface area contributed by atoms with Crippen LogP contribution in [0.3, 0.4) is 0 Å². The Kier molecular flexibility index (Phi) is 5.09. The maximum atomic E-state index is 12.7. The molecule has 0 N–H and O–H groups in total. The van der Waals surface area contributed by atoms with Crippen molar-refractivity contribution in [2.45, 2.75) is 6.54 Å². The van der Waals surface area contributed by atoms with E-state index in [9.17, 15) is 4.79 Å². The van der Waals surface area contributed by atoms with E-state index in [1.807, 2.05) is 84.7 Å². The van der Waals surface area contributed by atoms with Gasteiger partial charge in [0.25, 0.3) is 5.91 Å². The van der Waals surface area contributed by atoms with Gasteiger partial charge in [-0.25, -0.2) is 0 Å². The molecular weight excluding hydrogens is 310 g/mol. The smallest absolute Gasteiger partial charge is 0.272 e. The molecule has 2 aromatic carbocycles. The van der Waals surface area contributed by atoms with Crippen LogP contribution in [-0.2, 0) is 6.54 Å². The Morgan fingerprint density at radius 1 is 0.880 bits per heavy atom. The van der Waals surface area contributed by atoms with E-state index in [0.29, 0.717) is 12.2 Å². The molecule has 126 valence electrons.